The topological polar surface area (TPSA) is 72.0 Å². The molecule has 0 saturated carbocycles. The van der Waals surface area contributed by atoms with E-state index in [1.807, 2.05) is 19.9 Å². The van der Waals surface area contributed by atoms with Crippen molar-refractivity contribution in [3.8, 4) is 11.6 Å². The number of aryl methyl sites for hydroxylation is 2. The zero-order valence-corrected chi connectivity index (χ0v) is 11.5. The first-order valence-corrected chi connectivity index (χ1v) is 6.11. The maximum absolute atomic E-state index is 7.61. The molecule has 0 amide bonds. The molecular formula is C14H14ClN3O. The molecule has 19 heavy (non-hydrogen) atoms. The third kappa shape index (κ3) is 2.85. The number of hydrogen-bond acceptors (Lipinski definition) is 3. The largest absolute Gasteiger partial charge is 0.438 e. The molecule has 0 aliphatic rings. The molecule has 98 valence electrons. The Bertz CT molecular complexity index is 641. The van der Waals surface area contributed by atoms with Gasteiger partial charge < -0.3 is 10.5 Å². The molecule has 0 atom stereocenters. The van der Waals surface area contributed by atoms with Crippen molar-refractivity contribution in [2.24, 2.45) is 5.73 Å². The van der Waals surface area contributed by atoms with Gasteiger partial charge >= 0.3 is 0 Å². The lowest BCUT2D eigenvalue weighted by Crippen LogP contribution is -2.15. The zero-order chi connectivity index (χ0) is 14.0. The average molecular weight is 276 g/mol. The van der Waals surface area contributed by atoms with Crippen LogP contribution in [0.4, 0.5) is 0 Å². The second-order valence-corrected chi connectivity index (χ2v) is 4.67. The summed E-state index contributed by atoms with van der Waals surface area (Å²) in [5.74, 6) is 0.853. The predicted octanol–water partition coefficient (Wildman–Crippen LogP) is 3.43. The van der Waals surface area contributed by atoms with E-state index in [1.165, 1.54) is 0 Å². The number of benzene rings is 1. The number of nitrogens with one attached hydrogen (secondary N) is 1. The standard InChI is InChI=1S/C14H14ClN3O/c1-8-3-4-10(15)7-11(8)19-14-12(13(16)17)9(2)5-6-18-14/h3-7H,1-2H3,(H3,16,17). The second kappa shape index (κ2) is 5.28. The molecular weight excluding hydrogens is 262 g/mol. The molecule has 0 bridgehead atoms. The Labute approximate surface area is 116 Å². The van der Waals surface area contributed by atoms with Gasteiger partial charge in [0, 0.05) is 11.2 Å². The number of nitrogens with zero attached hydrogens (tertiary/aromatic N) is 1. The summed E-state index contributed by atoms with van der Waals surface area (Å²) in [5, 5.41) is 8.19. The van der Waals surface area contributed by atoms with Crippen molar-refractivity contribution in [1.82, 2.24) is 4.98 Å². The van der Waals surface area contributed by atoms with Gasteiger partial charge in [-0.2, -0.15) is 0 Å². The van der Waals surface area contributed by atoms with Crippen molar-refractivity contribution < 1.29 is 4.74 Å². The molecule has 5 heteroatoms. The van der Waals surface area contributed by atoms with Crippen LogP contribution in [0.1, 0.15) is 16.7 Å². The van der Waals surface area contributed by atoms with Crippen molar-refractivity contribution in [2.45, 2.75) is 13.8 Å². The lowest BCUT2D eigenvalue weighted by molar-refractivity contribution is 0.458. The molecule has 1 aromatic heterocycles. The number of pyridine rings is 1. The van der Waals surface area contributed by atoms with E-state index in [0.717, 1.165) is 11.1 Å². The van der Waals surface area contributed by atoms with Crippen molar-refractivity contribution >= 4 is 17.4 Å². The van der Waals surface area contributed by atoms with Crippen LogP contribution in [-0.2, 0) is 0 Å². The second-order valence-electron chi connectivity index (χ2n) is 4.23. The van der Waals surface area contributed by atoms with Crippen LogP contribution in [0.25, 0.3) is 0 Å². The number of nitrogen functional groups attached to an aromatic ring is 1. The van der Waals surface area contributed by atoms with Crippen LogP contribution >= 0.6 is 11.6 Å². The van der Waals surface area contributed by atoms with Gasteiger partial charge in [-0.3, -0.25) is 5.41 Å². The minimum absolute atomic E-state index is 0.0692. The third-order valence-electron chi connectivity index (χ3n) is 2.75. The Morgan fingerprint density at radius 3 is 2.68 bits per heavy atom. The van der Waals surface area contributed by atoms with E-state index in [0.29, 0.717) is 22.2 Å². The summed E-state index contributed by atoms with van der Waals surface area (Å²) in [6.45, 7) is 3.77. The van der Waals surface area contributed by atoms with Crippen molar-refractivity contribution in [3.05, 3.63) is 52.2 Å². The first-order chi connectivity index (χ1) is 8.99. The summed E-state index contributed by atoms with van der Waals surface area (Å²) in [6, 6.07) is 7.15. The molecule has 2 rings (SSSR count). The Hall–Kier alpha value is -2.07. The zero-order valence-electron chi connectivity index (χ0n) is 10.7. The minimum Gasteiger partial charge on any atom is -0.438 e. The molecule has 1 heterocycles. The number of aromatic nitrogens is 1. The SMILES string of the molecule is Cc1ccc(Cl)cc1Oc1nccc(C)c1C(=N)N. The van der Waals surface area contributed by atoms with Crippen molar-refractivity contribution in [2.75, 3.05) is 0 Å². The van der Waals surface area contributed by atoms with Crippen LogP contribution in [-0.4, -0.2) is 10.8 Å². The monoisotopic (exact) mass is 275 g/mol. The van der Waals surface area contributed by atoms with Crippen molar-refractivity contribution in [3.63, 3.8) is 0 Å². The fraction of sp³-hybridized carbons (Fsp3) is 0.143. The van der Waals surface area contributed by atoms with Crippen LogP contribution in [0.5, 0.6) is 11.6 Å². The number of ether oxygens (including phenoxy) is 1. The van der Waals surface area contributed by atoms with E-state index in [2.05, 4.69) is 4.98 Å². The van der Waals surface area contributed by atoms with Gasteiger partial charge in [0.05, 0.1) is 5.56 Å². The van der Waals surface area contributed by atoms with Crippen LogP contribution in [0.15, 0.2) is 30.5 Å². The van der Waals surface area contributed by atoms with E-state index in [-0.39, 0.29) is 5.84 Å². The van der Waals surface area contributed by atoms with E-state index >= 15 is 0 Å². The number of rotatable bonds is 3. The van der Waals surface area contributed by atoms with E-state index in [1.54, 1.807) is 24.4 Å². The highest BCUT2D eigenvalue weighted by molar-refractivity contribution is 6.30. The fourth-order valence-corrected chi connectivity index (χ4v) is 1.89. The number of nitrogens with two attached hydrogens (primary N) is 1. The van der Waals surface area contributed by atoms with Gasteiger partial charge in [-0.25, -0.2) is 4.98 Å². The van der Waals surface area contributed by atoms with Crippen LogP contribution in [0.2, 0.25) is 5.02 Å². The first-order valence-electron chi connectivity index (χ1n) is 5.73. The molecule has 0 fully saturated rings. The van der Waals surface area contributed by atoms with Gasteiger partial charge in [-0.1, -0.05) is 17.7 Å². The van der Waals surface area contributed by atoms with E-state index in [4.69, 9.17) is 27.5 Å². The number of hydrogen-bond donors (Lipinski definition) is 2. The Balaban J connectivity index is 2.46. The number of amidine groups is 1. The molecule has 3 N–H and O–H groups in total. The van der Waals surface area contributed by atoms with Crippen LogP contribution in [0.3, 0.4) is 0 Å². The van der Waals surface area contributed by atoms with Crippen molar-refractivity contribution in [1.29, 1.82) is 5.41 Å². The summed E-state index contributed by atoms with van der Waals surface area (Å²) < 4.78 is 5.75. The van der Waals surface area contributed by atoms with Gasteiger partial charge in [0.25, 0.3) is 0 Å². The maximum Gasteiger partial charge on any atom is 0.230 e. The van der Waals surface area contributed by atoms with Gasteiger partial charge in [0.1, 0.15) is 11.6 Å². The average Bonchev–Trinajstić information content (AvgIpc) is 2.33. The maximum atomic E-state index is 7.61. The molecule has 0 radical (unpaired) electrons. The smallest absolute Gasteiger partial charge is 0.230 e. The summed E-state index contributed by atoms with van der Waals surface area (Å²) >= 11 is 5.95. The third-order valence-corrected chi connectivity index (χ3v) is 2.99. The summed E-state index contributed by atoms with van der Waals surface area (Å²) in [6.07, 6.45) is 1.62. The first kappa shape index (κ1) is 13.4. The minimum atomic E-state index is -0.0692. The Kier molecular flexibility index (Phi) is 3.71. The predicted molar refractivity (Wildman–Crippen MR) is 76.3 cm³/mol. The Morgan fingerprint density at radius 1 is 1.26 bits per heavy atom. The summed E-state index contributed by atoms with van der Waals surface area (Å²) in [5.41, 5.74) is 7.85. The fourth-order valence-electron chi connectivity index (χ4n) is 1.73. The molecule has 1 aromatic carbocycles. The summed E-state index contributed by atoms with van der Waals surface area (Å²) in [7, 11) is 0. The van der Waals surface area contributed by atoms with Gasteiger partial charge in [0.2, 0.25) is 5.88 Å². The quantitative estimate of drug-likeness (QED) is 0.666. The highest BCUT2D eigenvalue weighted by atomic mass is 35.5. The molecule has 2 aromatic rings. The van der Waals surface area contributed by atoms with E-state index < -0.39 is 0 Å². The lowest BCUT2D eigenvalue weighted by Gasteiger charge is -2.12. The van der Waals surface area contributed by atoms with Crippen LogP contribution < -0.4 is 10.5 Å². The van der Waals surface area contributed by atoms with Gasteiger partial charge in [-0.05, 0) is 43.2 Å². The molecule has 0 spiro atoms. The summed E-state index contributed by atoms with van der Waals surface area (Å²) in [4.78, 5) is 4.14. The molecule has 0 aliphatic heterocycles. The van der Waals surface area contributed by atoms with Gasteiger partial charge in [-0.15, -0.1) is 0 Å². The molecule has 0 saturated heterocycles. The highest BCUT2D eigenvalue weighted by Crippen LogP contribution is 2.29. The molecule has 0 aliphatic carbocycles. The normalized spacial score (nSPS) is 10.3. The molecule has 0 unspecified atom stereocenters. The van der Waals surface area contributed by atoms with Crippen LogP contribution in [0, 0.1) is 19.3 Å². The Morgan fingerprint density at radius 2 is 2.00 bits per heavy atom. The highest BCUT2D eigenvalue weighted by Gasteiger charge is 2.13. The molecule has 4 nitrogen and oxygen atoms in total. The lowest BCUT2D eigenvalue weighted by atomic mass is 10.1. The van der Waals surface area contributed by atoms with E-state index in [9.17, 15) is 0 Å². The number of halogens is 1. The van der Waals surface area contributed by atoms with Gasteiger partial charge in [0.15, 0.2) is 0 Å².